The highest BCUT2D eigenvalue weighted by molar-refractivity contribution is 6.06. The van der Waals surface area contributed by atoms with E-state index in [0.717, 1.165) is 27.7 Å². The molecule has 0 saturated heterocycles. The summed E-state index contributed by atoms with van der Waals surface area (Å²) in [6.45, 7) is 4.34. The maximum atomic E-state index is 5.13. The van der Waals surface area contributed by atoms with Gasteiger partial charge in [0, 0.05) is 22.5 Å². The van der Waals surface area contributed by atoms with Crippen molar-refractivity contribution in [3.63, 3.8) is 0 Å². The molecule has 2 nitrogen and oxygen atoms in total. The third-order valence-electron chi connectivity index (χ3n) is 8.00. The van der Waals surface area contributed by atoms with Crippen LogP contribution in [0.15, 0.2) is 134 Å². The van der Waals surface area contributed by atoms with Crippen LogP contribution in [0.4, 0.5) is 0 Å². The second kappa shape index (κ2) is 9.91. The van der Waals surface area contributed by atoms with Crippen LogP contribution in [-0.2, 0) is 0 Å². The monoisotopic (exact) mass is 512 g/mol. The fourth-order valence-corrected chi connectivity index (χ4v) is 5.60. The van der Waals surface area contributed by atoms with E-state index in [1.807, 2.05) is 18.3 Å². The van der Waals surface area contributed by atoms with Gasteiger partial charge in [-0.2, -0.15) is 0 Å². The van der Waals surface area contributed by atoms with Crippen molar-refractivity contribution < 1.29 is 0 Å². The van der Waals surface area contributed by atoms with Gasteiger partial charge in [-0.3, -0.25) is 4.98 Å². The van der Waals surface area contributed by atoms with Crippen LogP contribution in [0.2, 0.25) is 0 Å². The zero-order valence-corrected chi connectivity index (χ0v) is 22.6. The van der Waals surface area contributed by atoms with E-state index in [1.54, 1.807) is 0 Å². The Kier molecular flexibility index (Phi) is 5.94. The van der Waals surface area contributed by atoms with Gasteiger partial charge in [0.05, 0.1) is 16.7 Å². The van der Waals surface area contributed by atoms with Crippen molar-refractivity contribution in [2.45, 2.75) is 13.8 Å². The van der Waals surface area contributed by atoms with Gasteiger partial charge in [-0.15, -0.1) is 0 Å². The molecule has 0 unspecified atom stereocenters. The first-order valence-electron chi connectivity index (χ1n) is 13.7. The number of aryl methyl sites for hydroxylation is 2. The van der Waals surface area contributed by atoms with Crippen LogP contribution in [0, 0.1) is 13.8 Å². The fourth-order valence-electron chi connectivity index (χ4n) is 5.60. The van der Waals surface area contributed by atoms with Crippen molar-refractivity contribution in [3.8, 4) is 44.6 Å². The van der Waals surface area contributed by atoms with Crippen molar-refractivity contribution in [1.29, 1.82) is 0 Å². The zero-order valence-electron chi connectivity index (χ0n) is 22.6. The molecule has 5 aromatic carbocycles. The first kappa shape index (κ1) is 24.0. The van der Waals surface area contributed by atoms with Crippen LogP contribution in [0.3, 0.4) is 0 Å². The van der Waals surface area contributed by atoms with E-state index in [2.05, 4.69) is 129 Å². The molecule has 0 bridgehead atoms. The number of pyridine rings is 2. The van der Waals surface area contributed by atoms with Crippen molar-refractivity contribution >= 4 is 21.8 Å². The largest absolute Gasteiger partial charge is 0.254 e. The van der Waals surface area contributed by atoms with Crippen LogP contribution in [0.25, 0.3) is 66.4 Å². The molecule has 0 radical (unpaired) electrons. The molecule has 2 aromatic heterocycles. The lowest BCUT2D eigenvalue weighted by atomic mass is 9.96. The Morgan fingerprint density at radius 1 is 0.400 bits per heavy atom. The molecule has 0 N–H and O–H groups in total. The van der Waals surface area contributed by atoms with Gasteiger partial charge in [0.1, 0.15) is 0 Å². The minimum atomic E-state index is 0.958. The molecule has 0 aliphatic heterocycles. The standard InChI is InChI=1S/C38H28N2/c1-25-26(2)35-21-22-36(40-38(35)37-34(25)12-7-23-39-37)33-11-6-10-32(24-33)31-19-17-30(18-20-31)29-15-13-28(14-16-29)27-8-4-3-5-9-27/h3-24H,1-2H3. The summed E-state index contributed by atoms with van der Waals surface area (Å²) < 4.78 is 0. The van der Waals surface area contributed by atoms with Crippen molar-refractivity contribution in [2.24, 2.45) is 0 Å². The predicted octanol–water partition coefficient (Wildman–Crippen LogP) is 10.1. The summed E-state index contributed by atoms with van der Waals surface area (Å²) in [5.41, 5.74) is 13.8. The average Bonchev–Trinajstić information content (AvgIpc) is 3.04. The van der Waals surface area contributed by atoms with Gasteiger partial charge in [0.25, 0.3) is 0 Å². The summed E-state index contributed by atoms with van der Waals surface area (Å²) in [4.78, 5) is 9.83. The first-order chi connectivity index (χ1) is 19.7. The van der Waals surface area contributed by atoms with Gasteiger partial charge in [0.15, 0.2) is 0 Å². The normalized spacial score (nSPS) is 11.2. The quantitative estimate of drug-likeness (QED) is 0.219. The first-order valence-corrected chi connectivity index (χ1v) is 13.7. The molecule has 0 spiro atoms. The number of hydrogen-bond donors (Lipinski definition) is 0. The maximum absolute atomic E-state index is 5.13. The van der Waals surface area contributed by atoms with Gasteiger partial charge >= 0.3 is 0 Å². The molecule has 7 aromatic rings. The molecule has 2 heterocycles. The van der Waals surface area contributed by atoms with Gasteiger partial charge in [-0.25, -0.2) is 4.98 Å². The number of benzene rings is 5. The van der Waals surface area contributed by atoms with Gasteiger partial charge in [-0.05, 0) is 76.6 Å². The zero-order chi connectivity index (χ0) is 27.1. The van der Waals surface area contributed by atoms with Crippen LogP contribution in [0.1, 0.15) is 11.1 Å². The van der Waals surface area contributed by atoms with Crippen molar-refractivity contribution in [1.82, 2.24) is 9.97 Å². The average molecular weight is 513 g/mol. The molecule has 0 fully saturated rings. The van der Waals surface area contributed by atoms with Crippen molar-refractivity contribution in [2.75, 3.05) is 0 Å². The molecule has 0 saturated carbocycles. The topological polar surface area (TPSA) is 25.8 Å². The predicted molar refractivity (Wildman–Crippen MR) is 168 cm³/mol. The van der Waals surface area contributed by atoms with Crippen LogP contribution >= 0.6 is 0 Å². The maximum Gasteiger partial charge on any atom is 0.0974 e. The Morgan fingerprint density at radius 3 is 1.57 bits per heavy atom. The number of fused-ring (bicyclic) bond motifs is 3. The number of rotatable bonds is 4. The Balaban J connectivity index is 1.20. The highest BCUT2D eigenvalue weighted by Crippen LogP contribution is 2.33. The van der Waals surface area contributed by atoms with E-state index in [0.29, 0.717) is 0 Å². The van der Waals surface area contributed by atoms with E-state index in [9.17, 15) is 0 Å². The minimum Gasteiger partial charge on any atom is -0.254 e. The molecule has 2 heteroatoms. The lowest BCUT2D eigenvalue weighted by Crippen LogP contribution is -1.94. The molecule has 0 atom stereocenters. The molecule has 0 aliphatic carbocycles. The third kappa shape index (κ3) is 4.24. The molecule has 7 rings (SSSR count). The second-order valence-corrected chi connectivity index (χ2v) is 10.3. The summed E-state index contributed by atoms with van der Waals surface area (Å²) in [5.74, 6) is 0. The fraction of sp³-hybridized carbons (Fsp3) is 0.0526. The lowest BCUT2D eigenvalue weighted by Gasteiger charge is -2.12. The molecule has 190 valence electrons. The summed E-state index contributed by atoms with van der Waals surface area (Å²) in [6.07, 6.45) is 1.85. The molecular formula is C38H28N2. The van der Waals surface area contributed by atoms with Gasteiger partial charge < -0.3 is 0 Å². The Bertz CT molecular complexity index is 1990. The van der Waals surface area contributed by atoms with Crippen LogP contribution in [-0.4, -0.2) is 9.97 Å². The van der Waals surface area contributed by atoms with E-state index in [1.165, 1.54) is 49.9 Å². The highest BCUT2D eigenvalue weighted by Gasteiger charge is 2.12. The third-order valence-corrected chi connectivity index (χ3v) is 8.00. The minimum absolute atomic E-state index is 0.958. The van der Waals surface area contributed by atoms with E-state index >= 15 is 0 Å². The Labute approximate surface area is 234 Å². The molecular weight excluding hydrogens is 484 g/mol. The lowest BCUT2D eigenvalue weighted by molar-refractivity contribution is 1.33. The molecule has 40 heavy (non-hydrogen) atoms. The van der Waals surface area contributed by atoms with E-state index in [4.69, 9.17) is 9.97 Å². The van der Waals surface area contributed by atoms with Gasteiger partial charge in [-0.1, -0.05) is 109 Å². The van der Waals surface area contributed by atoms with E-state index in [-0.39, 0.29) is 0 Å². The highest BCUT2D eigenvalue weighted by atomic mass is 14.8. The SMILES string of the molecule is Cc1c(C)c2ccc(-c3cccc(-c4ccc(-c5ccc(-c6ccccc6)cc5)cc4)c3)nc2c2ncccc12. The summed E-state index contributed by atoms with van der Waals surface area (Å²) >= 11 is 0. The van der Waals surface area contributed by atoms with Gasteiger partial charge in [0.2, 0.25) is 0 Å². The second-order valence-electron chi connectivity index (χ2n) is 10.3. The Hall–Kier alpha value is -5.08. The van der Waals surface area contributed by atoms with Crippen LogP contribution < -0.4 is 0 Å². The number of nitrogens with zero attached hydrogens (tertiary/aromatic N) is 2. The van der Waals surface area contributed by atoms with E-state index < -0.39 is 0 Å². The van der Waals surface area contributed by atoms with Crippen molar-refractivity contribution in [3.05, 3.63) is 145 Å². The Morgan fingerprint density at radius 2 is 0.925 bits per heavy atom. The molecule has 0 aliphatic rings. The number of aromatic nitrogens is 2. The molecule has 0 amide bonds. The smallest absolute Gasteiger partial charge is 0.0974 e. The summed E-state index contributed by atoms with van der Waals surface area (Å²) in [5, 5.41) is 2.33. The summed E-state index contributed by atoms with van der Waals surface area (Å²) in [7, 11) is 0. The summed E-state index contributed by atoms with van der Waals surface area (Å²) in [6, 6.07) is 45.2. The number of hydrogen-bond acceptors (Lipinski definition) is 2. The van der Waals surface area contributed by atoms with Crippen LogP contribution in [0.5, 0.6) is 0 Å².